The minimum atomic E-state index is -5.44. The molecule has 0 aliphatic heterocycles. The molecule has 0 nitrogen and oxygen atoms in total. The van der Waals surface area contributed by atoms with Gasteiger partial charge in [-0.3, -0.25) is 0 Å². The van der Waals surface area contributed by atoms with E-state index >= 15 is 0 Å². The zero-order valence-corrected chi connectivity index (χ0v) is 22.2. The molecule has 0 fully saturated rings. The van der Waals surface area contributed by atoms with Gasteiger partial charge in [-0.2, -0.15) is 52.7 Å². The monoisotopic (exact) mass is 684 g/mol. The molecular formula is C22H6BCl5F12. The van der Waals surface area contributed by atoms with Crippen molar-refractivity contribution in [3.05, 3.63) is 83.8 Å². The minimum Gasteiger partial charge on any atom is -0.166 e. The molecule has 0 amide bonds. The van der Waals surface area contributed by atoms with E-state index in [0.717, 1.165) is 0 Å². The van der Waals surface area contributed by atoms with E-state index in [1.807, 2.05) is 0 Å². The van der Waals surface area contributed by atoms with E-state index in [9.17, 15) is 52.7 Å². The topological polar surface area (TPSA) is 0 Å². The molecule has 0 aliphatic rings. The molecule has 40 heavy (non-hydrogen) atoms. The van der Waals surface area contributed by atoms with Crippen LogP contribution in [-0.2, 0) is 24.7 Å². The summed E-state index contributed by atoms with van der Waals surface area (Å²) in [5, 5.41) is -3.51. The van der Waals surface area contributed by atoms with Gasteiger partial charge in [0.05, 0.1) is 47.4 Å². The summed E-state index contributed by atoms with van der Waals surface area (Å²) in [5.74, 6) is 0. The summed E-state index contributed by atoms with van der Waals surface area (Å²) >= 11 is 30.1. The second kappa shape index (κ2) is 10.9. The predicted octanol–water partition coefficient (Wildman–Crippen LogP) is 9.54. The van der Waals surface area contributed by atoms with Crippen LogP contribution < -0.4 is 16.4 Å². The summed E-state index contributed by atoms with van der Waals surface area (Å²) in [6, 6.07) is -0.211. The van der Waals surface area contributed by atoms with Gasteiger partial charge in [-0.05, 0) is 17.6 Å². The largest absolute Gasteiger partial charge is 0.416 e. The first kappa shape index (κ1) is 32.8. The second-order valence-electron chi connectivity index (χ2n) is 8.10. The number of hydrogen-bond donors (Lipinski definition) is 0. The standard InChI is InChI=1S/C22H6BCl5F12/c24-14-13(15(25)17(27)18(28)16(14)26)23(11-3-7(19(29,30)31)1-8(4-11)20(32,33)34)12-5-9(21(35,36)37)2-10(6-12)22(38,39)40/h1-6H. The van der Waals surface area contributed by atoms with Gasteiger partial charge < -0.3 is 0 Å². The molecule has 0 radical (unpaired) electrons. The fourth-order valence-electron chi connectivity index (χ4n) is 3.69. The molecule has 0 aliphatic carbocycles. The van der Waals surface area contributed by atoms with Crippen LogP contribution in [0.5, 0.6) is 0 Å². The Kier molecular flexibility index (Phi) is 8.93. The Balaban J connectivity index is 2.60. The van der Waals surface area contributed by atoms with E-state index in [2.05, 4.69) is 0 Å². The average Bonchev–Trinajstić information content (AvgIpc) is 2.81. The van der Waals surface area contributed by atoms with Crippen molar-refractivity contribution in [2.75, 3.05) is 0 Å². The SMILES string of the molecule is FC(F)(F)c1cc(B(c2cc(C(F)(F)F)cc(C(F)(F)F)c2)c2c(Cl)c(Cl)c(Cl)c(Cl)c2Cl)cc(C(F)(F)F)c1. The Hall–Kier alpha value is -1.67. The summed E-state index contributed by atoms with van der Waals surface area (Å²) < 4.78 is 163. The normalized spacial score (nSPS) is 13.1. The maximum absolute atomic E-state index is 13.6. The van der Waals surface area contributed by atoms with Gasteiger partial charge in [0.1, 0.15) is 0 Å². The smallest absolute Gasteiger partial charge is 0.166 e. The Morgan fingerprint density at radius 2 is 0.600 bits per heavy atom. The lowest BCUT2D eigenvalue weighted by atomic mass is 9.36. The fourth-order valence-corrected chi connectivity index (χ4v) is 5.06. The molecule has 3 aromatic rings. The van der Waals surface area contributed by atoms with Crippen molar-refractivity contribution < 1.29 is 52.7 Å². The van der Waals surface area contributed by atoms with Crippen LogP contribution in [0.25, 0.3) is 0 Å². The molecule has 0 aromatic heterocycles. The van der Waals surface area contributed by atoms with Gasteiger partial charge in [0.25, 0.3) is 0 Å². The van der Waals surface area contributed by atoms with Crippen molar-refractivity contribution in [3.63, 3.8) is 0 Å². The Bertz CT molecular complexity index is 1290. The number of halogens is 17. The fraction of sp³-hybridized carbons (Fsp3) is 0.182. The van der Waals surface area contributed by atoms with Crippen molar-refractivity contribution in [2.45, 2.75) is 24.7 Å². The van der Waals surface area contributed by atoms with E-state index in [4.69, 9.17) is 58.0 Å². The first-order chi connectivity index (χ1) is 17.9. The molecule has 3 aromatic carbocycles. The number of benzene rings is 3. The maximum Gasteiger partial charge on any atom is 0.416 e. The van der Waals surface area contributed by atoms with Gasteiger partial charge in [-0.25, -0.2) is 0 Å². The minimum absolute atomic E-state index is 0.0938. The van der Waals surface area contributed by atoms with Crippen LogP contribution in [0, 0.1) is 0 Å². The summed E-state index contributed by atoms with van der Waals surface area (Å²) in [7, 11) is 0. The zero-order chi connectivity index (χ0) is 30.7. The third-order valence-electron chi connectivity index (χ3n) is 5.42. The van der Waals surface area contributed by atoms with Crippen LogP contribution in [0.2, 0.25) is 25.1 Å². The molecule has 0 bridgehead atoms. The average molecular weight is 686 g/mol. The number of rotatable bonds is 3. The molecular weight excluding hydrogens is 680 g/mol. The van der Waals surface area contributed by atoms with Crippen LogP contribution >= 0.6 is 58.0 Å². The van der Waals surface area contributed by atoms with Crippen molar-refractivity contribution in [3.8, 4) is 0 Å². The molecule has 3 rings (SSSR count). The van der Waals surface area contributed by atoms with E-state index in [1.165, 1.54) is 0 Å². The van der Waals surface area contributed by atoms with Crippen LogP contribution in [0.15, 0.2) is 36.4 Å². The highest BCUT2D eigenvalue weighted by atomic mass is 35.5. The van der Waals surface area contributed by atoms with Gasteiger partial charge in [-0.1, -0.05) is 93.2 Å². The van der Waals surface area contributed by atoms with Crippen molar-refractivity contribution in [1.29, 1.82) is 0 Å². The Morgan fingerprint density at radius 3 is 0.825 bits per heavy atom. The Labute approximate surface area is 241 Å². The zero-order valence-electron chi connectivity index (χ0n) is 18.5. The van der Waals surface area contributed by atoms with Gasteiger partial charge in [0, 0.05) is 0 Å². The lowest BCUT2D eigenvalue weighted by Crippen LogP contribution is -2.54. The third kappa shape index (κ3) is 6.69. The van der Waals surface area contributed by atoms with E-state index in [0.29, 0.717) is 0 Å². The molecule has 0 saturated heterocycles. The van der Waals surface area contributed by atoms with Gasteiger partial charge in [0.15, 0.2) is 0 Å². The van der Waals surface area contributed by atoms with E-state index in [1.54, 1.807) is 0 Å². The summed E-state index contributed by atoms with van der Waals surface area (Å²) in [6.07, 6.45) is -21.7. The number of hydrogen-bond acceptors (Lipinski definition) is 0. The molecule has 0 saturated carbocycles. The van der Waals surface area contributed by atoms with Gasteiger partial charge in [0.2, 0.25) is 6.71 Å². The van der Waals surface area contributed by atoms with Gasteiger partial charge in [-0.15, -0.1) is 0 Å². The molecule has 0 unspecified atom stereocenters. The van der Waals surface area contributed by atoms with Crippen LogP contribution in [-0.4, -0.2) is 6.71 Å². The lowest BCUT2D eigenvalue weighted by molar-refractivity contribution is -0.144. The van der Waals surface area contributed by atoms with Crippen molar-refractivity contribution in [2.24, 2.45) is 0 Å². The number of alkyl halides is 12. The van der Waals surface area contributed by atoms with Crippen LogP contribution in [0.3, 0.4) is 0 Å². The highest BCUT2D eigenvalue weighted by Crippen LogP contribution is 2.41. The molecule has 0 spiro atoms. The molecule has 0 atom stereocenters. The van der Waals surface area contributed by atoms with Crippen LogP contribution in [0.1, 0.15) is 22.3 Å². The first-order valence-electron chi connectivity index (χ1n) is 10.0. The molecule has 0 heterocycles. The lowest BCUT2D eigenvalue weighted by Gasteiger charge is -2.24. The quantitative estimate of drug-likeness (QED) is 0.112. The molecule has 18 heteroatoms. The van der Waals surface area contributed by atoms with Crippen LogP contribution in [0.4, 0.5) is 52.7 Å². The van der Waals surface area contributed by atoms with Crippen molar-refractivity contribution >= 4 is 81.1 Å². The predicted molar refractivity (Wildman–Crippen MR) is 129 cm³/mol. The van der Waals surface area contributed by atoms with Crippen molar-refractivity contribution in [1.82, 2.24) is 0 Å². The molecule has 216 valence electrons. The molecule has 0 N–H and O–H groups in total. The second-order valence-corrected chi connectivity index (χ2v) is 9.98. The first-order valence-corrected chi connectivity index (χ1v) is 11.9. The summed E-state index contributed by atoms with van der Waals surface area (Å²) in [6.45, 7) is -2.33. The summed E-state index contributed by atoms with van der Waals surface area (Å²) in [4.78, 5) is 0. The van der Waals surface area contributed by atoms with E-state index < -0.39 is 95.2 Å². The third-order valence-corrected chi connectivity index (χ3v) is 7.73. The Morgan fingerprint density at radius 1 is 0.375 bits per heavy atom. The maximum atomic E-state index is 13.6. The highest BCUT2D eigenvalue weighted by Gasteiger charge is 2.42. The van der Waals surface area contributed by atoms with E-state index in [-0.39, 0.29) is 36.4 Å². The van der Waals surface area contributed by atoms with Gasteiger partial charge >= 0.3 is 24.7 Å². The summed E-state index contributed by atoms with van der Waals surface area (Å²) in [5.41, 5.74) is -10.7. The highest BCUT2D eigenvalue weighted by molar-refractivity contribution is 6.98.